The zero-order valence-electron chi connectivity index (χ0n) is 14.1. The Kier molecular flexibility index (Phi) is 8.05. The van der Waals surface area contributed by atoms with Gasteiger partial charge in [0.1, 0.15) is 17.5 Å². The molecule has 0 aliphatic heterocycles. The van der Waals surface area contributed by atoms with Crippen molar-refractivity contribution < 1.29 is 4.74 Å². The molecule has 2 N–H and O–H groups in total. The van der Waals surface area contributed by atoms with Crippen LogP contribution in [-0.4, -0.2) is 36.8 Å². The second-order valence-corrected chi connectivity index (χ2v) is 5.57. The Morgan fingerprint density at radius 1 is 1.05 bits per heavy atom. The second-order valence-electron chi connectivity index (χ2n) is 5.57. The number of aromatic nitrogens is 2. The van der Waals surface area contributed by atoms with Gasteiger partial charge in [0.15, 0.2) is 0 Å². The third kappa shape index (κ3) is 5.87. The number of hydrogen-bond donors (Lipinski definition) is 2. The molecule has 0 saturated carbocycles. The zero-order valence-corrected chi connectivity index (χ0v) is 14.1. The van der Waals surface area contributed by atoms with Crippen LogP contribution in [0.2, 0.25) is 0 Å². The van der Waals surface area contributed by atoms with Crippen molar-refractivity contribution in [2.24, 2.45) is 0 Å². The monoisotopic (exact) mass is 294 g/mol. The summed E-state index contributed by atoms with van der Waals surface area (Å²) >= 11 is 0. The summed E-state index contributed by atoms with van der Waals surface area (Å²) < 4.78 is 5.06. The minimum Gasteiger partial charge on any atom is -0.385 e. The van der Waals surface area contributed by atoms with Crippen molar-refractivity contribution in [1.29, 1.82) is 0 Å². The van der Waals surface area contributed by atoms with Crippen molar-refractivity contribution in [3.05, 3.63) is 11.4 Å². The summed E-state index contributed by atoms with van der Waals surface area (Å²) in [5.74, 6) is 3.11. The van der Waals surface area contributed by atoms with Gasteiger partial charge in [-0.2, -0.15) is 0 Å². The van der Waals surface area contributed by atoms with Gasteiger partial charge >= 0.3 is 0 Å². The first-order valence-electron chi connectivity index (χ1n) is 7.95. The molecule has 0 fully saturated rings. The van der Waals surface area contributed by atoms with Crippen LogP contribution in [-0.2, 0) is 4.74 Å². The highest BCUT2D eigenvalue weighted by Crippen LogP contribution is 2.23. The van der Waals surface area contributed by atoms with Gasteiger partial charge in [-0.25, -0.2) is 9.97 Å². The summed E-state index contributed by atoms with van der Waals surface area (Å²) in [6.45, 7) is 11.0. The van der Waals surface area contributed by atoms with E-state index in [0.29, 0.717) is 5.92 Å². The summed E-state index contributed by atoms with van der Waals surface area (Å²) in [6, 6.07) is 0. The highest BCUT2D eigenvalue weighted by Gasteiger charge is 2.12. The number of nitrogens with one attached hydrogen (secondary N) is 2. The average Bonchev–Trinajstić information content (AvgIpc) is 2.46. The van der Waals surface area contributed by atoms with Crippen LogP contribution < -0.4 is 10.6 Å². The molecule has 0 atom stereocenters. The summed E-state index contributed by atoms with van der Waals surface area (Å²) in [7, 11) is 1.75. The fourth-order valence-electron chi connectivity index (χ4n) is 2.06. The maximum absolute atomic E-state index is 5.06. The van der Waals surface area contributed by atoms with E-state index in [-0.39, 0.29) is 0 Å². The van der Waals surface area contributed by atoms with Gasteiger partial charge in [0.05, 0.1) is 0 Å². The molecular weight excluding hydrogens is 264 g/mol. The van der Waals surface area contributed by atoms with Crippen LogP contribution in [0.4, 0.5) is 11.6 Å². The maximum Gasteiger partial charge on any atom is 0.135 e. The van der Waals surface area contributed by atoms with Crippen LogP contribution in [0.25, 0.3) is 0 Å². The fraction of sp³-hybridized carbons (Fsp3) is 0.750. The Balaban J connectivity index is 2.66. The lowest BCUT2D eigenvalue weighted by Gasteiger charge is -2.16. The van der Waals surface area contributed by atoms with Crippen molar-refractivity contribution in [3.8, 4) is 0 Å². The Morgan fingerprint density at radius 3 is 2.29 bits per heavy atom. The van der Waals surface area contributed by atoms with E-state index >= 15 is 0 Å². The van der Waals surface area contributed by atoms with Gasteiger partial charge in [-0.05, 0) is 33.1 Å². The minimum absolute atomic E-state index is 0.324. The lowest BCUT2D eigenvalue weighted by molar-refractivity contribution is 0.192. The lowest BCUT2D eigenvalue weighted by atomic mass is 10.2. The van der Waals surface area contributed by atoms with E-state index in [1.807, 2.05) is 0 Å². The van der Waals surface area contributed by atoms with Crippen LogP contribution in [0.3, 0.4) is 0 Å². The molecule has 5 heteroatoms. The van der Waals surface area contributed by atoms with Crippen molar-refractivity contribution in [3.63, 3.8) is 0 Å². The molecule has 0 aromatic carbocycles. The Hall–Kier alpha value is -1.36. The van der Waals surface area contributed by atoms with E-state index in [9.17, 15) is 0 Å². The van der Waals surface area contributed by atoms with Crippen molar-refractivity contribution in [2.45, 2.75) is 52.9 Å². The molecule has 1 aromatic rings. The predicted molar refractivity (Wildman–Crippen MR) is 89.2 cm³/mol. The molecule has 0 radical (unpaired) electrons. The number of unbranched alkanes of at least 4 members (excludes halogenated alkanes) is 2. The van der Waals surface area contributed by atoms with Crippen molar-refractivity contribution in [2.75, 3.05) is 37.4 Å². The van der Waals surface area contributed by atoms with E-state index in [1.54, 1.807) is 7.11 Å². The molecule has 0 amide bonds. The van der Waals surface area contributed by atoms with Gasteiger partial charge in [0.25, 0.3) is 0 Å². The smallest absolute Gasteiger partial charge is 0.135 e. The van der Waals surface area contributed by atoms with Crippen LogP contribution in [0.15, 0.2) is 0 Å². The number of ether oxygens (including phenoxy) is 1. The number of anilines is 2. The van der Waals surface area contributed by atoms with E-state index in [1.165, 1.54) is 6.42 Å². The fourth-order valence-corrected chi connectivity index (χ4v) is 2.06. The first kappa shape index (κ1) is 17.7. The molecule has 21 heavy (non-hydrogen) atoms. The van der Waals surface area contributed by atoms with Gasteiger partial charge in [0.2, 0.25) is 0 Å². The molecule has 0 aliphatic rings. The summed E-state index contributed by atoms with van der Waals surface area (Å²) in [5, 5.41) is 6.77. The first-order chi connectivity index (χ1) is 10.1. The second kappa shape index (κ2) is 9.55. The summed E-state index contributed by atoms with van der Waals surface area (Å²) in [5.41, 5.74) is 1.10. The van der Waals surface area contributed by atoms with Gasteiger partial charge in [-0.3, -0.25) is 0 Å². The van der Waals surface area contributed by atoms with E-state index in [2.05, 4.69) is 48.3 Å². The third-order valence-electron chi connectivity index (χ3n) is 3.34. The van der Waals surface area contributed by atoms with Crippen LogP contribution >= 0.6 is 0 Å². The van der Waals surface area contributed by atoms with E-state index in [4.69, 9.17) is 4.74 Å². The normalized spacial score (nSPS) is 11.0. The molecule has 0 bridgehead atoms. The SMILES string of the molecule is CCNc1nc(C(C)C)nc(NCCCCCOC)c1C. The van der Waals surface area contributed by atoms with Crippen molar-refractivity contribution >= 4 is 11.6 Å². The van der Waals surface area contributed by atoms with Crippen molar-refractivity contribution in [1.82, 2.24) is 9.97 Å². The molecule has 0 unspecified atom stereocenters. The topological polar surface area (TPSA) is 59.1 Å². The highest BCUT2D eigenvalue weighted by molar-refractivity contribution is 5.57. The highest BCUT2D eigenvalue weighted by atomic mass is 16.5. The van der Waals surface area contributed by atoms with Crippen LogP contribution in [0.5, 0.6) is 0 Å². The summed E-state index contributed by atoms with van der Waals surface area (Å²) in [4.78, 5) is 9.27. The molecule has 5 nitrogen and oxygen atoms in total. The number of hydrogen-bond acceptors (Lipinski definition) is 5. The molecule has 1 rings (SSSR count). The summed E-state index contributed by atoms with van der Waals surface area (Å²) in [6.07, 6.45) is 3.41. The van der Waals surface area contributed by atoms with Crippen LogP contribution in [0.1, 0.15) is 57.3 Å². The predicted octanol–water partition coefficient (Wildman–Crippen LogP) is 3.57. The molecular formula is C16H30N4O. The number of methoxy groups -OCH3 is 1. The zero-order chi connectivity index (χ0) is 15.7. The molecule has 0 spiro atoms. The molecule has 1 heterocycles. The lowest BCUT2D eigenvalue weighted by Crippen LogP contribution is -2.12. The number of nitrogens with zero attached hydrogens (tertiary/aromatic N) is 2. The van der Waals surface area contributed by atoms with Gasteiger partial charge < -0.3 is 15.4 Å². The van der Waals surface area contributed by atoms with E-state index < -0.39 is 0 Å². The van der Waals surface area contributed by atoms with E-state index in [0.717, 1.165) is 55.6 Å². The molecule has 120 valence electrons. The largest absolute Gasteiger partial charge is 0.385 e. The third-order valence-corrected chi connectivity index (χ3v) is 3.34. The minimum atomic E-state index is 0.324. The quantitative estimate of drug-likeness (QED) is 0.646. The van der Waals surface area contributed by atoms with Gasteiger partial charge in [-0.15, -0.1) is 0 Å². The molecule has 0 aliphatic carbocycles. The Morgan fingerprint density at radius 2 is 1.71 bits per heavy atom. The Labute approximate surface area is 128 Å². The maximum atomic E-state index is 5.06. The van der Waals surface area contributed by atoms with Gasteiger partial charge in [-0.1, -0.05) is 13.8 Å². The average molecular weight is 294 g/mol. The Bertz CT molecular complexity index is 421. The molecule has 0 saturated heterocycles. The first-order valence-corrected chi connectivity index (χ1v) is 7.95. The van der Waals surface area contributed by atoms with Crippen LogP contribution in [0, 0.1) is 6.92 Å². The molecule has 1 aromatic heterocycles. The van der Waals surface area contributed by atoms with Gasteiger partial charge in [0, 0.05) is 38.3 Å². The standard InChI is InChI=1S/C16H30N4O/c1-6-17-15-13(4)16(20-14(19-15)12(2)3)18-10-8-7-9-11-21-5/h12H,6-11H2,1-5H3,(H2,17,18,19,20). The number of rotatable bonds is 10.